The van der Waals surface area contributed by atoms with Gasteiger partial charge in [-0.15, -0.1) is 0 Å². The largest absolute Gasteiger partial charge is 0.365 e. The molecule has 2 fully saturated rings. The normalized spacial score (nSPS) is 25.1. The number of piperidine rings is 1. The Bertz CT molecular complexity index is 584. The Morgan fingerprint density at radius 2 is 2.30 bits per heavy atom. The summed E-state index contributed by atoms with van der Waals surface area (Å²) in [5.74, 6) is 1.24. The second-order valence-corrected chi connectivity index (χ2v) is 6.44. The molecule has 0 aliphatic carbocycles. The molecule has 2 aliphatic rings. The van der Waals surface area contributed by atoms with Gasteiger partial charge < -0.3 is 19.5 Å². The van der Waals surface area contributed by atoms with Crippen molar-refractivity contribution in [1.29, 1.82) is 0 Å². The number of ether oxygens (including phenoxy) is 1. The summed E-state index contributed by atoms with van der Waals surface area (Å²) in [7, 11) is 0. The van der Waals surface area contributed by atoms with Gasteiger partial charge in [-0.25, -0.2) is 0 Å². The topological polar surface area (TPSA) is 97.6 Å². The number of rotatable bonds is 5. The molecule has 2 saturated heterocycles. The fourth-order valence-corrected chi connectivity index (χ4v) is 2.82. The van der Waals surface area contributed by atoms with Gasteiger partial charge in [0, 0.05) is 32.5 Å². The van der Waals surface area contributed by atoms with Crippen LogP contribution in [0.3, 0.4) is 0 Å². The van der Waals surface area contributed by atoms with Crippen LogP contribution in [-0.2, 0) is 27.4 Å². The highest BCUT2D eigenvalue weighted by Gasteiger charge is 2.43. The van der Waals surface area contributed by atoms with Crippen molar-refractivity contribution >= 4 is 11.8 Å². The third-order valence-corrected chi connectivity index (χ3v) is 4.50. The summed E-state index contributed by atoms with van der Waals surface area (Å²) >= 11 is 0. The van der Waals surface area contributed by atoms with Gasteiger partial charge in [-0.3, -0.25) is 9.59 Å². The van der Waals surface area contributed by atoms with E-state index in [1.165, 1.54) is 0 Å². The second-order valence-electron chi connectivity index (χ2n) is 6.44. The summed E-state index contributed by atoms with van der Waals surface area (Å²) in [5.41, 5.74) is -0.499. The molecule has 8 heteroatoms. The molecule has 1 aromatic heterocycles. The average molecular weight is 322 g/mol. The lowest BCUT2D eigenvalue weighted by Crippen LogP contribution is -2.61. The predicted octanol–water partition coefficient (Wildman–Crippen LogP) is 0.276. The molecule has 8 nitrogen and oxygen atoms in total. The van der Waals surface area contributed by atoms with Crippen molar-refractivity contribution in [3.05, 3.63) is 11.7 Å². The monoisotopic (exact) mass is 322 g/mol. The number of amides is 2. The van der Waals surface area contributed by atoms with Crippen molar-refractivity contribution in [1.82, 2.24) is 20.4 Å². The first-order valence-electron chi connectivity index (χ1n) is 7.99. The lowest BCUT2D eigenvalue weighted by atomic mass is 9.80. The van der Waals surface area contributed by atoms with E-state index in [1.807, 2.05) is 13.8 Å². The summed E-state index contributed by atoms with van der Waals surface area (Å²) in [5, 5.41) is 6.59. The van der Waals surface area contributed by atoms with Gasteiger partial charge in [0.1, 0.15) is 6.61 Å². The molecule has 0 aromatic carbocycles. The molecule has 2 aliphatic heterocycles. The van der Waals surface area contributed by atoms with Crippen molar-refractivity contribution in [2.75, 3.05) is 19.6 Å². The number of hydrogen-bond acceptors (Lipinski definition) is 6. The first-order valence-corrected chi connectivity index (χ1v) is 7.99. The van der Waals surface area contributed by atoms with Gasteiger partial charge in [0.15, 0.2) is 5.82 Å². The number of nitrogens with zero attached hydrogens (tertiary/aromatic N) is 3. The van der Waals surface area contributed by atoms with Crippen LogP contribution < -0.4 is 5.32 Å². The predicted molar refractivity (Wildman–Crippen MR) is 79.2 cm³/mol. The average Bonchev–Trinajstić information content (AvgIpc) is 2.96. The van der Waals surface area contributed by atoms with E-state index in [9.17, 15) is 9.59 Å². The van der Waals surface area contributed by atoms with Gasteiger partial charge in [-0.1, -0.05) is 12.1 Å². The standard InChI is InChI=1S/C15H22N4O4/c1-3-11-17-13(23-18-11)8-22-10-6-19(7-10)14(21)15(2)5-4-12(20)16-9-15/h10H,3-9H2,1-2H3,(H,16,20). The molecule has 2 amide bonds. The molecule has 0 bridgehead atoms. The number of carbonyl (C=O) groups is 2. The smallest absolute Gasteiger partial charge is 0.252 e. The van der Waals surface area contributed by atoms with Crippen molar-refractivity contribution in [2.24, 2.45) is 5.41 Å². The molecule has 23 heavy (non-hydrogen) atoms. The Kier molecular flexibility index (Phi) is 4.34. The highest BCUT2D eigenvalue weighted by Crippen LogP contribution is 2.30. The minimum absolute atomic E-state index is 0.00212. The van der Waals surface area contributed by atoms with Gasteiger partial charge in [-0.2, -0.15) is 4.98 Å². The fraction of sp³-hybridized carbons (Fsp3) is 0.733. The highest BCUT2D eigenvalue weighted by atomic mass is 16.5. The Labute approximate surface area is 134 Å². The van der Waals surface area contributed by atoms with E-state index < -0.39 is 5.41 Å². The van der Waals surface area contributed by atoms with Gasteiger partial charge in [0.05, 0.1) is 11.5 Å². The highest BCUT2D eigenvalue weighted by molar-refractivity contribution is 5.87. The minimum atomic E-state index is -0.499. The van der Waals surface area contributed by atoms with Crippen LogP contribution in [0.15, 0.2) is 4.52 Å². The van der Waals surface area contributed by atoms with E-state index in [2.05, 4.69) is 15.5 Å². The summed E-state index contributed by atoms with van der Waals surface area (Å²) in [6.07, 6.45) is 1.73. The van der Waals surface area contributed by atoms with Crippen molar-refractivity contribution < 1.29 is 18.8 Å². The lowest BCUT2D eigenvalue weighted by molar-refractivity contribution is -0.158. The summed E-state index contributed by atoms with van der Waals surface area (Å²) in [4.78, 5) is 29.8. The molecule has 1 N–H and O–H groups in total. The number of hydrogen-bond donors (Lipinski definition) is 1. The Morgan fingerprint density at radius 3 is 2.91 bits per heavy atom. The molecule has 3 rings (SSSR count). The van der Waals surface area contributed by atoms with Crippen LogP contribution in [-0.4, -0.2) is 52.6 Å². The van der Waals surface area contributed by atoms with E-state index in [0.717, 1.165) is 6.42 Å². The van der Waals surface area contributed by atoms with Crippen molar-refractivity contribution in [3.63, 3.8) is 0 Å². The van der Waals surface area contributed by atoms with E-state index in [0.29, 0.717) is 44.2 Å². The maximum atomic E-state index is 12.5. The minimum Gasteiger partial charge on any atom is -0.365 e. The van der Waals surface area contributed by atoms with Gasteiger partial charge in [0.25, 0.3) is 5.89 Å². The number of aromatic nitrogens is 2. The van der Waals surface area contributed by atoms with Crippen LogP contribution in [0.4, 0.5) is 0 Å². The third kappa shape index (κ3) is 3.36. The van der Waals surface area contributed by atoms with Crippen LogP contribution in [0.25, 0.3) is 0 Å². The molecule has 0 radical (unpaired) electrons. The molecule has 126 valence electrons. The Hall–Kier alpha value is -1.96. The van der Waals surface area contributed by atoms with Gasteiger partial charge in [0.2, 0.25) is 11.8 Å². The molecule has 1 atom stereocenters. The lowest BCUT2D eigenvalue weighted by Gasteiger charge is -2.44. The summed E-state index contributed by atoms with van der Waals surface area (Å²) in [6, 6.07) is 0. The van der Waals surface area contributed by atoms with Crippen LogP contribution in [0.5, 0.6) is 0 Å². The van der Waals surface area contributed by atoms with Crippen LogP contribution in [0.1, 0.15) is 38.4 Å². The molecule has 1 aromatic rings. The van der Waals surface area contributed by atoms with Crippen LogP contribution in [0.2, 0.25) is 0 Å². The molecular weight excluding hydrogens is 300 g/mol. The number of aryl methyl sites for hydroxylation is 1. The molecule has 0 spiro atoms. The third-order valence-electron chi connectivity index (χ3n) is 4.50. The molecular formula is C15H22N4O4. The fourth-order valence-electron chi connectivity index (χ4n) is 2.82. The van der Waals surface area contributed by atoms with Gasteiger partial charge >= 0.3 is 0 Å². The number of carbonyl (C=O) groups excluding carboxylic acids is 2. The number of nitrogens with one attached hydrogen (secondary N) is 1. The van der Waals surface area contributed by atoms with E-state index >= 15 is 0 Å². The first-order chi connectivity index (χ1) is 11.0. The first kappa shape index (κ1) is 15.9. The van der Waals surface area contributed by atoms with Gasteiger partial charge in [-0.05, 0) is 13.3 Å². The summed E-state index contributed by atoms with van der Waals surface area (Å²) < 4.78 is 10.7. The maximum Gasteiger partial charge on any atom is 0.252 e. The second kappa shape index (κ2) is 6.27. The zero-order valence-electron chi connectivity index (χ0n) is 13.5. The van der Waals surface area contributed by atoms with E-state index in [-0.39, 0.29) is 24.5 Å². The van der Waals surface area contributed by atoms with Crippen molar-refractivity contribution in [2.45, 2.75) is 45.8 Å². The Balaban J connectivity index is 1.43. The summed E-state index contributed by atoms with van der Waals surface area (Å²) in [6.45, 7) is 5.68. The van der Waals surface area contributed by atoms with E-state index in [4.69, 9.17) is 9.26 Å². The quantitative estimate of drug-likeness (QED) is 0.836. The van der Waals surface area contributed by atoms with Crippen LogP contribution >= 0.6 is 0 Å². The zero-order valence-corrected chi connectivity index (χ0v) is 13.5. The molecule has 1 unspecified atom stereocenters. The Morgan fingerprint density at radius 1 is 1.52 bits per heavy atom. The van der Waals surface area contributed by atoms with Crippen LogP contribution in [0, 0.1) is 5.41 Å². The molecule has 3 heterocycles. The SMILES string of the molecule is CCc1noc(COC2CN(C(=O)C3(C)CCC(=O)NC3)C2)n1. The maximum absolute atomic E-state index is 12.5. The number of likely N-dealkylation sites (tertiary alicyclic amines) is 1. The van der Waals surface area contributed by atoms with Crippen molar-refractivity contribution in [3.8, 4) is 0 Å². The zero-order chi connectivity index (χ0) is 16.4. The van der Waals surface area contributed by atoms with E-state index in [1.54, 1.807) is 4.90 Å². The molecule has 0 saturated carbocycles.